The van der Waals surface area contributed by atoms with Crippen molar-refractivity contribution in [1.82, 2.24) is 0 Å². The monoisotopic (exact) mass is 129 g/mol. The normalized spacial score (nSPS) is 9.89. The molecular formula is C5H7NO3. The molecule has 0 aromatic rings. The number of hydrogen-bond donors (Lipinski definition) is 1. The van der Waals surface area contributed by atoms with Gasteiger partial charge in [-0.05, 0) is 0 Å². The van der Waals surface area contributed by atoms with Crippen molar-refractivity contribution in [2.45, 2.75) is 6.42 Å². The number of carbonyl (C=O) groups excluding carboxylic acids is 1. The quantitative estimate of drug-likeness (QED) is 0.421. The number of carbonyl (C=O) groups is 2. The Morgan fingerprint density at radius 2 is 2.22 bits per heavy atom. The van der Waals surface area contributed by atoms with E-state index >= 15 is 0 Å². The Bertz CT molecular complexity index is 150. The van der Waals surface area contributed by atoms with Crippen molar-refractivity contribution in [3.8, 4) is 0 Å². The van der Waals surface area contributed by atoms with Crippen LogP contribution in [0.2, 0.25) is 0 Å². The first-order valence-corrected chi connectivity index (χ1v) is 2.33. The Morgan fingerprint density at radius 1 is 1.67 bits per heavy atom. The van der Waals surface area contributed by atoms with E-state index < -0.39 is 18.2 Å². The Kier molecular flexibility index (Phi) is 3.27. The van der Waals surface area contributed by atoms with Crippen molar-refractivity contribution in [2.75, 3.05) is 7.05 Å². The second-order valence-corrected chi connectivity index (χ2v) is 1.42. The van der Waals surface area contributed by atoms with Gasteiger partial charge in [0.15, 0.2) is 5.78 Å². The zero-order valence-corrected chi connectivity index (χ0v) is 5.00. The van der Waals surface area contributed by atoms with Crippen LogP contribution in [0.15, 0.2) is 4.99 Å². The highest BCUT2D eigenvalue weighted by Gasteiger charge is 2.02. The van der Waals surface area contributed by atoms with E-state index in [0.29, 0.717) is 0 Å². The molecule has 0 aliphatic carbocycles. The number of nitrogens with zero attached hydrogens (tertiary/aromatic N) is 1. The predicted octanol–water partition coefficient (Wildman–Crippen LogP) is -0.269. The van der Waals surface area contributed by atoms with Crippen LogP contribution >= 0.6 is 0 Å². The summed E-state index contributed by atoms with van der Waals surface area (Å²) in [5, 5.41) is 8.03. The maximum Gasteiger partial charge on any atom is 0.311 e. The van der Waals surface area contributed by atoms with E-state index in [1.54, 1.807) is 0 Å². The SMILES string of the molecule is CN=CC(=O)CC(=O)O. The van der Waals surface area contributed by atoms with Crippen LogP contribution in [-0.4, -0.2) is 30.1 Å². The summed E-state index contributed by atoms with van der Waals surface area (Å²) in [6, 6.07) is 0. The molecule has 50 valence electrons. The summed E-state index contributed by atoms with van der Waals surface area (Å²) in [7, 11) is 1.42. The van der Waals surface area contributed by atoms with Gasteiger partial charge in [0, 0.05) is 7.05 Å². The molecule has 4 nitrogen and oxygen atoms in total. The minimum absolute atomic E-state index is 0.475. The maximum atomic E-state index is 10.3. The van der Waals surface area contributed by atoms with Crippen molar-refractivity contribution in [2.24, 2.45) is 4.99 Å². The summed E-state index contributed by atoms with van der Waals surface area (Å²) in [6.07, 6.45) is 0.519. The molecule has 0 atom stereocenters. The van der Waals surface area contributed by atoms with Gasteiger partial charge in [0.25, 0.3) is 0 Å². The highest BCUT2D eigenvalue weighted by Crippen LogP contribution is 1.78. The first-order chi connectivity index (χ1) is 4.16. The van der Waals surface area contributed by atoms with Gasteiger partial charge in [-0.25, -0.2) is 0 Å². The zero-order valence-electron chi connectivity index (χ0n) is 5.00. The molecule has 0 aliphatic heterocycles. The number of carboxylic acids is 1. The van der Waals surface area contributed by atoms with Crippen LogP contribution in [0, 0.1) is 0 Å². The van der Waals surface area contributed by atoms with Gasteiger partial charge >= 0.3 is 5.97 Å². The number of hydrogen-bond acceptors (Lipinski definition) is 3. The number of ketones is 1. The largest absolute Gasteiger partial charge is 0.481 e. The standard InChI is InChI=1S/C5H7NO3/c1-6-3-4(7)2-5(8)9/h3H,2H2,1H3,(H,8,9). The van der Waals surface area contributed by atoms with E-state index in [0.717, 1.165) is 6.21 Å². The van der Waals surface area contributed by atoms with Crippen LogP contribution in [0.3, 0.4) is 0 Å². The second-order valence-electron chi connectivity index (χ2n) is 1.42. The number of Topliss-reactive ketones (excluding diaryl/α,β-unsaturated/α-hetero) is 1. The lowest BCUT2D eigenvalue weighted by molar-refractivity contribution is -0.138. The fourth-order valence-corrected chi connectivity index (χ4v) is 0.339. The molecule has 0 aromatic heterocycles. The molecule has 0 amide bonds. The number of carboxylic acid groups (broad SMARTS) is 1. The van der Waals surface area contributed by atoms with Gasteiger partial charge in [0.2, 0.25) is 0 Å². The van der Waals surface area contributed by atoms with Gasteiger partial charge in [-0.1, -0.05) is 0 Å². The highest BCUT2D eigenvalue weighted by molar-refractivity contribution is 6.31. The summed E-state index contributed by atoms with van der Waals surface area (Å²) in [6.45, 7) is 0. The van der Waals surface area contributed by atoms with Crippen molar-refractivity contribution < 1.29 is 14.7 Å². The lowest BCUT2D eigenvalue weighted by Gasteiger charge is -1.83. The Balaban J connectivity index is 3.64. The molecule has 0 saturated heterocycles. The van der Waals surface area contributed by atoms with Crippen LogP contribution in [-0.2, 0) is 9.59 Å². The fraction of sp³-hybridized carbons (Fsp3) is 0.400. The van der Waals surface area contributed by atoms with Crippen molar-refractivity contribution >= 4 is 18.0 Å². The molecule has 0 aromatic carbocycles. The average molecular weight is 129 g/mol. The summed E-state index contributed by atoms with van der Waals surface area (Å²) in [5.74, 6) is -1.61. The maximum absolute atomic E-state index is 10.3. The summed E-state index contributed by atoms with van der Waals surface area (Å²) in [4.78, 5) is 23.5. The third-order valence-electron chi connectivity index (χ3n) is 0.599. The first kappa shape index (κ1) is 7.81. The van der Waals surface area contributed by atoms with E-state index in [1.807, 2.05) is 0 Å². The van der Waals surface area contributed by atoms with E-state index in [4.69, 9.17) is 5.11 Å². The van der Waals surface area contributed by atoms with Crippen LogP contribution in [0.25, 0.3) is 0 Å². The molecule has 0 bridgehead atoms. The minimum Gasteiger partial charge on any atom is -0.481 e. The van der Waals surface area contributed by atoms with Gasteiger partial charge in [0.1, 0.15) is 6.42 Å². The van der Waals surface area contributed by atoms with Crippen LogP contribution in [0.5, 0.6) is 0 Å². The van der Waals surface area contributed by atoms with Crippen molar-refractivity contribution in [3.63, 3.8) is 0 Å². The first-order valence-electron chi connectivity index (χ1n) is 2.33. The topological polar surface area (TPSA) is 66.7 Å². The van der Waals surface area contributed by atoms with Crippen molar-refractivity contribution in [3.05, 3.63) is 0 Å². The van der Waals surface area contributed by atoms with E-state index in [2.05, 4.69) is 4.99 Å². The average Bonchev–Trinajstić information content (AvgIpc) is 1.63. The van der Waals surface area contributed by atoms with E-state index in [1.165, 1.54) is 7.05 Å². The summed E-state index contributed by atoms with van der Waals surface area (Å²) in [5.41, 5.74) is 0. The molecule has 0 spiro atoms. The lowest BCUT2D eigenvalue weighted by atomic mass is 10.3. The molecular weight excluding hydrogens is 122 g/mol. The van der Waals surface area contributed by atoms with E-state index in [9.17, 15) is 9.59 Å². The fourth-order valence-electron chi connectivity index (χ4n) is 0.339. The molecule has 0 heterocycles. The molecule has 0 aliphatic rings. The molecule has 0 unspecified atom stereocenters. The van der Waals surface area contributed by atoms with Gasteiger partial charge in [0.05, 0.1) is 6.21 Å². The van der Waals surface area contributed by atoms with Gasteiger partial charge < -0.3 is 5.11 Å². The minimum atomic E-state index is -1.13. The molecule has 0 saturated carbocycles. The molecule has 9 heavy (non-hydrogen) atoms. The van der Waals surface area contributed by atoms with E-state index in [-0.39, 0.29) is 0 Å². The smallest absolute Gasteiger partial charge is 0.311 e. The molecule has 1 N–H and O–H groups in total. The highest BCUT2D eigenvalue weighted by atomic mass is 16.4. The second kappa shape index (κ2) is 3.77. The molecule has 0 radical (unpaired) electrons. The Hall–Kier alpha value is -1.19. The van der Waals surface area contributed by atoms with Gasteiger partial charge in [-0.15, -0.1) is 0 Å². The Morgan fingerprint density at radius 3 is 2.56 bits per heavy atom. The lowest BCUT2D eigenvalue weighted by Crippen LogP contribution is -2.06. The predicted molar refractivity (Wildman–Crippen MR) is 31.7 cm³/mol. The Labute approximate surface area is 52.2 Å². The third kappa shape index (κ3) is 4.67. The number of aliphatic imine (C=N–C) groups is 1. The van der Waals surface area contributed by atoms with Crippen LogP contribution in [0.4, 0.5) is 0 Å². The molecule has 0 rings (SSSR count). The van der Waals surface area contributed by atoms with Gasteiger partial charge in [-0.2, -0.15) is 0 Å². The van der Waals surface area contributed by atoms with Crippen LogP contribution in [0.1, 0.15) is 6.42 Å². The number of aliphatic carboxylic acids is 1. The number of rotatable bonds is 3. The van der Waals surface area contributed by atoms with Crippen molar-refractivity contribution in [1.29, 1.82) is 0 Å². The zero-order chi connectivity index (χ0) is 7.28. The van der Waals surface area contributed by atoms with Gasteiger partial charge in [-0.3, -0.25) is 14.6 Å². The molecule has 4 heteroatoms. The summed E-state index contributed by atoms with van der Waals surface area (Å²) >= 11 is 0. The third-order valence-corrected chi connectivity index (χ3v) is 0.599. The summed E-state index contributed by atoms with van der Waals surface area (Å²) < 4.78 is 0. The van der Waals surface area contributed by atoms with Crippen LogP contribution < -0.4 is 0 Å². The molecule has 0 fully saturated rings.